The number of carbonyl (C=O) groups excluding carboxylic acids is 1. The van der Waals surface area contributed by atoms with E-state index in [-0.39, 0.29) is 18.8 Å². The van der Waals surface area contributed by atoms with Gasteiger partial charge in [0.05, 0.1) is 12.3 Å². The normalized spacial score (nSPS) is 19.1. The second-order valence-electron chi connectivity index (χ2n) is 5.17. The van der Waals surface area contributed by atoms with E-state index in [2.05, 4.69) is 5.16 Å². The summed E-state index contributed by atoms with van der Waals surface area (Å²) in [6, 6.07) is 5.73. The summed E-state index contributed by atoms with van der Waals surface area (Å²) in [6.07, 6.45) is 1.09. The molecule has 1 aromatic rings. The average molecular weight is 290 g/mol. The van der Waals surface area contributed by atoms with Gasteiger partial charge in [-0.15, -0.1) is 0 Å². The van der Waals surface area contributed by atoms with E-state index in [4.69, 9.17) is 14.3 Å². The maximum Gasteiger partial charge on any atom is 0.231 e. The van der Waals surface area contributed by atoms with Crippen molar-refractivity contribution in [2.75, 3.05) is 20.4 Å². The molecule has 0 radical (unpaired) electrons. The molecule has 0 saturated heterocycles. The molecule has 0 aliphatic carbocycles. The van der Waals surface area contributed by atoms with E-state index in [1.807, 2.05) is 25.1 Å². The van der Waals surface area contributed by atoms with Gasteiger partial charge in [-0.1, -0.05) is 12.1 Å². The number of rotatable bonds is 4. The van der Waals surface area contributed by atoms with Gasteiger partial charge in [-0.05, 0) is 18.2 Å². The molecular weight excluding hydrogens is 272 g/mol. The Morgan fingerprint density at radius 1 is 1.38 bits per heavy atom. The molecular formula is C15H18N2O4. The Morgan fingerprint density at radius 3 is 3.00 bits per heavy atom. The Bertz CT molecular complexity index is 585. The number of hydrogen-bond acceptors (Lipinski definition) is 5. The van der Waals surface area contributed by atoms with Crippen molar-refractivity contribution in [2.45, 2.75) is 25.9 Å². The predicted molar refractivity (Wildman–Crippen MR) is 76.5 cm³/mol. The lowest BCUT2D eigenvalue weighted by Gasteiger charge is -2.19. The fraction of sp³-hybridized carbons (Fsp3) is 0.467. The third-order valence-electron chi connectivity index (χ3n) is 3.64. The zero-order valence-corrected chi connectivity index (χ0v) is 12.2. The second kappa shape index (κ2) is 5.63. The number of hydrogen-bond donors (Lipinski definition) is 0. The van der Waals surface area contributed by atoms with Crippen molar-refractivity contribution in [3.63, 3.8) is 0 Å². The van der Waals surface area contributed by atoms with Crippen LogP contribution < -0.4 is 9.47 Å². The third-order valence-corrected chi connectivity index (χ3v) is 3.64. The smallest absolute Gasteiger partial charge is 0.231 e. The quantitative estimate of drug-likeness (QED) is 0.848. The van der Waals surface area contributed by atoms with Gasteiger partial charge in [0.15, 0.2) is 17.6 Å². The maximum atomic E-state index is 11.6. The van der Waals surface area contributed by atoms with Crippen LogP contribution in [0.15, 0.2) is 23.4 Å². The molecule has 6 nitrogen and oxygen atoms in total. The number of amides is 1. The van der Waals surface area contributed by atoms with Crippen molar-refractivity contribution in [3.05, 3.63) is 23.8 Å². The lowest BCUT2D eigenvalue weighted by atomic mass is 10.0. The predicted octanol–water partition coefficient (Wildman–Crippen LogP) is 1.78. The van der Waals surface area contributed by atoms with E-state index < -0.39 is 0 Å². The van der Waals surface area contributed by atoms with Gasteiger partial charge in [-0.2, -0.15) is 0 Å². The molecule has 1 amide bonds. The maximum absolute atomic E-state index is 11.6. The van der Waals surface area contributed by atoms with E-state index in [0.29, 0.717) is 19.4 Å². The van der Waals surface area contributed by atoms with Crippen molar-refractivity contribution in [2.24, 2.45) is 5.16 Å². The average Bonchev–Trinajstić information content (AvgIpc) is 3.14. The molecule has 1 unspecified atom stereocenters. The largest absolute Gasteiger partial charge is 0.454 e. The molecule has 3 rings (SSSR count). The minimum absolute atomic E-state index is 0.0917. The number of benzene rings is 1. The first-order valence-corrected chi connectivity index (χ1v) is 7.04. The van der Waals surface area contributed by atoms with Crippen LogP contribution in [0, 0.1) is 0 Å². The van der Waals surface area contributed by atoms with Gasteiger partial charge < -0.3 is 19.2 Å². The molecule has 0 N–H and O–H groups in total. The minimum Gasteiger partial charge on any atom is -0.454 e. The summed E-state index contributed by atoms with van der Waals surface area (Å²) in [5.41, 5.74) is 1.84. The topological polar surface area (TPSA) is 60.4 Å². The number of nitrogens with zero attached hydrogens (tertiary/aromatic N) is 2. The molecule has 21 heavy (non-hydrogen) atoms. The molecule has 2 heterocycles. The van der Waals surface area contributed by atoms with E-state index in [9.17, 15) is 4.79 Å². The van der Waals surface area contributed by atoms with Gasteiger partial charge in [0.2, 0.25) is 12.7 Å². The van der Waals surface area contributed by atoms with Crippen molar-refractivity contribution in [1.29, 1.82) is 0 Å². The van der Waals surface area contributed by atoms with Gasteiger partial charge in [0, 0.05) is 25.5 Å². The zero-order chi connectivity index (χ0) is 14.8. The summed E-state index contributed by atoms with van der Waals surface area (Å²) in [4.78, 5) is 18.7. The highest BCUT2D eigenvalue weighted by molar-refractivity contribution is 6.01. The molecule has 0 aromatic heterocycles. The second-order valence-corrected chi connectivity index (χ2v) is 5.17. The summed E-state index contributed by atoms with van der Waals surface area (Å²) in [5.74, 6) is 1.59. The number of fused-ring (bicyclic) bond motifs is 1. The van der Waals surface area contributed by atoms with Crippen LogP contribution in [0.4, 0.5) is 0 Å². The van der Waals surface area contributed by atoms with Crippen LogP contribution in [0.25, 0.3) is 0 Å². The van der Waals surface area contributed by atoms with Gasteiger partial charge >= 0.3 is 0 Å². The standard InChI is InChI=1S/C15H18N2O4/c1-3-15(18)17(2)8-11-7-12(16-21-11)10-4-5-13-14(6-10)20-9-19-13/h4-6,11H,3,7-9H2,1-2H3. The van der Waals surface area contributed by atoms with Crippen molar-refractivity contribution >= 4 is 11.6 Å². The molecule has 0 bridgehead atoms. The van der Waals surface area contributed by atoms with Crippen LogP contribution in [0.5, 0.6) is 11.5 Å². The van der Waals surface area contributed by atoms with Crippen molar-refractivity contribution < 1.29 is 19.1 Å². The van der Waals surface area contributed by atoms with E-state index in [0.717, 1.165) is 22.8 Å². The minimum atomic E-state index is -0.0917. The number of carbonyl (C=O) groups is 1. The third kappa shape index (κ3) is 2.79. The van der Waals surface area contributed by atoms with Crippen LogP contribution in [0.3, 0.4) is 0 Å². The summed E-state index contributed by atoms with van der Waals surface area (Å²) >= 11 is 0. The Balaban J connectivity index is 1.63. The van der Waals surface area contributed by atoms with E-state index in [1.165, 1.54) is 0 Å². The van der Waals surface area contributed by atoms with Crippen molar-refractivity contribution in [1.82, 2.24) is 4.90 Å². The van der Waals surface area contributed by atoms with Gasteiger partial charge in [-0.25, -0.2) is 0 Å². The molecule has 1 atom stereocenters. The van der Waals surface area contributed by atoms with Crippen LogP contribution >= 0.6 is 0 Å². The molecule has 0 fully saturated rings. The van der Waals surface area contributed by atoms with Gasteiger partial charge in [0.1, 0.15) is 0 Å². The molecule has 0 spiro atoms. The van der Waals surface area contributed by atoms with Crippen LogP contribution in [-0.4, -0.2) is 43.0 Å². The Labute approximate surface area is 123 Å². The van der Waals surface area contributed by atoms with Gasteiger partial charge in [-0.3, -0.25) is 4.79 Å². The summed E-state index contributed by atoms with van der Waals surface area (Å²) in [7, 11) is 1.79. The fourth-order valence-corrected chi connectivity index (χ4v) is 2.45. The zero-order valence-electron chi connectivity index (χ0n) is 12.2. The fourth-order valence-electron chi connectivity index (χ4n) is 2.45. The number of oxime groups is 1. The SMILES string of the molecule is CCC(=O)N(C)CC1CC(c2ccc3c(c2)OCO3)=NO1. The highest BCUT2D eigenvalue weighted by Gasteiger charge is 2.26. The first-order valence-electron chi connectivity index (χ1n) is 7.04. The summed E-state index contributed by atoms with van der Waals surface area (Å²) < 4.78 is 10.7. The number of likely N-dealkylation sites (N-methyl/N-ethyl adjacent to an activating group) is 1. The van der Waals surface area contributed by atoms with Crippen LogP contribution in [0.2, 0.25) is 0 Å². The van der Waals surface area contributed by atoms with E-state index >= 15 is 0 Å². The first-order chi connectivity index (χ1) is 10.2. The monoisotopic (exact) mass is 290 g/mol. The molecule has 0 saturated carbocycles. The van der Waals surface area contributed by atoms with Crippen LogP contribution in [-0.2, 0) is 9.63 Å². The molecule has 2 aliphatic heterocycles. The Kier molecular flexibility index (Phi) is 3.68. The molecule has 1 aromatic carbocycles. The van der Waals surface area contributed by atoms with Crippen molar-refractivity contribution in [3.8, 4) is 11.5 Å². The van der Waals surface area contributed by atoms with Gasteiger partial charge in [0.25, 0.3) is 0 Å². The Morgan fingerprint density at radius 2 is 2.19 bits per heavy atom. The Hall–Kier alpha value is -2.24. The molecule has 112 valence electrons. The summed E-state index contributed by atoms with van der Waals surface area (Å²) in [6.45, 7) is 2.65. The lowest BCUT2D eigenvalue weighted by molar-refractivity contribution is -0.131. The van der Waals surface area contributed by atoms with E-state index in [1.54, 1.807) is 11.9 Å². The highest BCUT2D eigenvalue weighted by atomic mass is 16.7. The molecule has 6 heteroatoms. The van der Waals surface area contributed by atoms with Crippen LogP contribution in [0.1, 0.15) is 25.3 Å². The lowest BCUT2D eigenvalue weighted by Crippen LogP contribution is -2.34. The first kappa shape index (κ1) is 13.7. The number of ether oxygens (including phenoxy) is 2. The molecule has 2 aliphatic rings. The summed E-state index contributed by atoms with van der Waals surface area (Å²) in [5, 5.41) is 4.13. The highest BCUT2D eigenvalue weighted by Crippen LogP contribution is 2.33.